The van der Waals surface area contributed by atoms with E-state index in [9.17, 15) is 14.0 Å². The van der Waals surface area contributed by atoms with Crippen LogP contribution in [0.5, 0.6) is 0 Å². The zero-order chi connectivity index (χ0) is 15.2. The Balaban J connectivity index is 2.31. The van der Waals surface area contributed by atoms with Crippen LogP contribution in [0.1, 0.15) is 20.8 Å². The summed E-state index contributed by atoms with van der Waals surface area (Å²) >= 11 is 1.10. The molecule has 6 heteroatoms. The Bertz CT molecular complexity index is 486. The summed E-state index contributed by atoms with van der Waals surface area (Å²) in [6.45, 7) is 5.51. The molecule has 0 aliphatic rings. The fourth-order valence-electron chi connectivity index (χ4n) is 1.40. The largest absolute Gasteiger partial charge is 0.350 e. The van der Waals surface area contributed by atoms with Crippen LogP contribution in [0.4, 0.5) is 4.39 Å². The van der Waals surface area contributed by atoms with Gasteiger partial charge in [-0.3, -0.25) is 9.59 Å². The van der Waals surface area contributed by atoms with Gasteiger partial charge in [-0.2, -0.15) is 0 Å². The number of amides is 2. The maximum absolute atomic E-state index is 13.3. The summed E-state index contributed by atoms with van der Waals surface area (Å²) < 4.78 is 13.3. The minimum Gasteiger partial charge on any atom is -0.350 e. The molecule has 0 saturated carbocycles. The summed E-state index contributed by atoms with van der Waals surface area (Å²) in [6, 6.07) is 6.26. The molecule has 1 aromatic carbocycles. The van der Waals surface area contributed by atoms with E-state index in [-0.39, 0.29) is 35.5 Å². The molecule has 4 nitrogen and oxygen atoms in total. The summed E-state index contributed by atoms with van der Waals surface area (Å²) in [6.07, 6.45) is 0. The minimum absolute atomic E-state index is 0.0731. The van der Waals surface area contributed by atoms with E-state index >= 15 is 0 Å². The van der Waals surface area contributed by atoms with Crippen molar-refractivity contribution in [2.24, 2.45) is 0 Å². The minimum atomic E-state index is -0.351. The van der Waals surface area contributed by atoms with Crippen LogP contribution in [-0.4, -0.2) is 29.7 Å². The van der Waals surface area contributed by atoms with Crippen LogP contribution in [0.25, 0.3) is 0 Å². The van der Waals surface area contributed by atoms with Crippen LogP contribution < -0.4 is 10.6 Å². The molecule has 0 atom stereocenters. The van der Waals surface area contributed by atoms with Crippen molar-refractivity contribution >= 4 is 23.6 Å². The monoisotopic (exact) mass is 298 g/mol. The Hall–Kier alpha value is -1.56. The molecular formula is C14H19FN2O2S. The van der Waals surface area contributed by atoms with Gasteiger partial charge in [0.25, 0.3) is 0 Å². The predicted molar refractivity (Wildman–Crippen MR) is 78.0 cm³/mol. The lowest BCUT2D eigenvalue weighted by atomic mass is 10.1. The third-order valence-corrected chi connectivity index (χ3v) is 3.20. The van der Waals surface area contributed by atoms with Crippen molar-refractivity contribution in [3.63, 3.8) is 0 Å². The van der Waals surface area contributed by atoms with Gasteiger partial charge >= 0.3 is 0 Å². The Kier molecular flexibility index (Phi) is 6.01. The number of nitrogens with one attached hydrogen (secondary N) is 2. The highest BCUT2D eigenvalue weighted by atomic mass is 32.2. The Morgan fingerprint density at radius 2 is 1.85 bits per heavy atom. The van der Waals surface area contributed by atoms with Crippen LogP contribution in [0, 0.1) is 5.82 Å². The van der Waals surface area contributed by atoms with E-state index in [4.69, 9.17) is 0 Å². The number of hydrogen-bond acceptors (Lipinski definition) is 3. The molecule has 0 saturated heterocycles. The molecule has 2 amide bonds. The van der Waals surface area contributed by atoms with Crippen molar-refractivity contribution in [3.8, 4) is 0 Å². The number of carbonyl (C=O) groups is 2. The van der Waals surface area contributed by atoms with Gasteiger partial charge in [0.05, 0.1) is 12.3 Å². The Labute approximate surface area is 122 Å². The molecule has 0 radical (unpaired) electrons. The first-order valence-electron chi connectivity index (χ1n) is 6.23. The van der Waals surface area contributed by atoms with E-state index in [1.807, 2.05) is 20.8 Å². The molecule has 0 unspecified atom stereocenters. The van der Waals surface area contributed by atoms with Gasteiger partial charge in [-0.15, -0.1) is 11.8 Å². The fraction of sp³-hybridized carbons (Fsp3) is 0.429. The first-order valence-corrected chi connectivity index (χ1v) is 7.21. The molecule has 0 fully saturated rings. The van der Waals surface area contributed by atoms with Gasteiger partial charge in [0.2, 0.25) is 11.8 Å². The molecule has 110 valence electrons. The van der Waals surface area contributed by atoms with Crippen LogP contribution in [0.3, 0.4) is 0 Å². The summed E-state index contributed by atoms with van der Waals surface area (Å²) in [5.41, 5.74) is -0.330. The maximum atomic E-state index is 13.3. The van der Waals surface area contributed by atoms with E-state index < -0.39 is 0 Å². The first-order chi connectivity index (χ1) is 9.28. The fourth-order valence-corrected chi connectivity index (χ4v) is 2.17. The average molecular weight is 298 g/mol. The van der Waals surface area contributed by atoms with Crippen molar-refractivity contribution in [1.29, 1.82) is 0 Å². The van der Waals surface area contributed by atoms with E-state index in [0.717, 1.165) is 11.8 Å². The van der Waals surface area contributed by atoms with Crippen LogP contribution in [-0.2, 0) is 9.59 Å². The Morgan fingerprint density at radius 1 is 1.20 bits per heavy atom. The number of thioether (sulfide) groups is 1. The van der Waals surface area contributed by atoms with Crippen molar-refractivity contribution < 1.29 is 14.0 Å². The summed E-state index contributed by atoms with van der Waals surface area (Å²) in [4.78, 5) is 23.5. The lowest BCUT2D eigenvalue weighted by Crippen LogP contribution is -2.46. The molecule has 20 heavy (non-hydrogen) atoms. The van der Waals surface area contributed by atoms with Gasteiger partial charge in [0.1, 0.15) is 5.82 Å². The molecule has 0 aromatic heterocycles. The van der Waals surface area contributed by atoms with Crippen molar-refractivity contribution in [2.45, 2.75) is 31.2 Å². The van der Waals surface area contributed by atoms with Gasteiger partial charge < -0.3 is 10.6 Å². The quantitative estimate of drug-likeness (QED) is 0.817. The second-order valence-electron chi connectivity index (χ2n) is 5.29. The highest BCUT2D eigenvalue weighted by molar-refractivity contribution is 8.00. The number of benzene rings is 1. The van der Waals surface area contributed by atoms with E-state index in [0.29, 0.717) is 4.90 Å². The zero-order valence-electron chi connectivity index (χ0n) is 11.8. The summed E-state index contributed by atoms with van der Waals surface area (Å²) in [5, 5.41) is 5.24. The van der Waals surface area contributed by atoms with Crippen molar-refractivity contribution in [1.82, 2.24) is 10.6 Å². The highest BCUT2D eigenvalue weighted by Crippen LogP contribution is 2.20. The molecule has 0 spiro atoms. The van der Waals surface area contributed by atoms with Crippen molar-refractivity contribution in [2.75, 3.05) is 12.3 Å². The van der Waals surface area contributed by atoms with Gasteiger partial charge in [0, 0.05) is 10.4 Å². The smallest absolute Gasteiger partial charge is 0.239 e. The molecule has 0 aliphatic heterocycles. The Morgan fingerprint density at radius 3 is 2.45 bits per heavy atom. The molecule has 0 aliphatic carbocycles. The molecule has 0 bridgehead atoms. The standard InChI is InChI=1S/C14H19FN2O2S/c1-14(2,3)17-12(18)8-16-13(19)9-20-11-7-5-4-6-10(11)15/h4-7H,8-9H2,1-3H3,(H,16,19)(H,17,18). The van der Waals surface area contributed by atoms with E-state index in [1.165, 1.54) is 6.07 Å². The zero-order valence-corrected chi connectivity index (χ0v) is 12.6. The van der Waals surface area contributed by atoms with Crippen LogP contribution >= 0.6 is 11.8 Å². The second kappa shape index (κ2) is 7.28. The lowest BCUT2D eigenvalue weighted by molar-refractivity contribution is -0.125. The van der Waals surface area contributed by atoms with Crippen LogP contribution in [0.2, 0.25) is 0 Å². The van der Waals surface area contributed by atoms with Gasteiger partial charge in [-0.25, -0.2) is 4.39 Å². The third kappa shape index (κ3) is 6.56. The predicted octanol–water partition coefficient (Wildman–Crippen LogP) is 1.95. The molecular weight excluding hydrogens is 279 g/mol. The van der Waals surface area contributed by atoms with Crippen LogP contribution in [0.15, 0.2) is 29.2 Å². The molecule has 1 aromatic rings. The van der Waals surface area contributed by atoms with E-state index in [1.54, 1.807) is 18.2 Å². The van der Waals surface area contributed by atoms with Crippen molar-refractivity contribution in [3.05, 3.63) is 30.1 Å². The summed E-state index contributed by atoms with van der Waals surface area (Å²) in [5.74, 6) is -0.830. The van der Waals surface area contributed by atoms with E-state index in [2.05, 4.69) is 10.6 Å². The lowest BCUT2D eigenvalue weighted by Gasteiger charge is -2.20. The summed E-state index contributed by atoms with van der Waals surface area (Å²) in [7, 11) is 0. The number of rotatable bonds is 5. The number of halogens is 1. The van der Waals surface area contributed by atoms with Gasteiger partial charge in [0.15, 0.2) is 0 Å². The SMILES string of the molecule is CC(C)(C)NC(=O)CNC(=O)CSc1ccccc1F. The second-order valence-corrected chi connectivity index (χ2v) is 6.31. The molecule has 2 N–H and O–H groups in total. The first kappa shape index (κ1) is 16.5. The topological polar surface area (TPSA) is 58.2 Å². The average Bonchev–Trinajstić information content (AvgIpc) is 2.33. The van der Waals surface area contributed by atoms with Gasteiger partial charge in [-0.1, -0.05) is 12.1 Å². The molecule has 1 rings (SSSR count). The third-order valence-electron chi connectivity index (χ3n) is 2.16. The maximum Gasteiger partial charge on any atom is 0.239 e. The highest BCUT2D eigenvalue weighted by Gasteiger charge is 2.14. The van der Waals surface area contributed by atoms with Gasteiger partial charge in [-0.05, 0) is 32.9 Å². The molecule has 0 heterocycles. The normalized spacial score (nSPS) is 11.0. The number of carbonyl (C=O) groups excluding carboxylic acids is 2. The number of hydrogen-bond donors (Lipinski definition) is 2.